The minimum Gasteiger partial charge on any atom is -0.304 e. The van der Waals surface area contributed by atoms with Crippen LogP contribution in [0.1, 0.15) is 15.9 Å². The van der Waals surface area contributed by atoms with E-state index in [0.29, 0.717) is 24.2 Å². The molecule has 2 aromatic rings. The summed E-state index contributed by atoms with van der Waals surface area (Å²) in [6.45, 7) is 4.70. The van der Waals surface area contributed by atoms with Crippen molar-refractivity contribution in [1.29, 1.82) is 0 Å². The summed E-state index contributed by atoms with van der Waals surface area (Å²) in [5.41, 5.74) is 3.75. The fraction of sp³-hybridized carbons (Fsp3) is 0.316. The van der Waals surface area contributed by atoms with Crippen molar-refractivity contribution in [2.45, 2.75) is 11.8 Å². The Labute approximate surface area is 164 Å². The van der Waals surface area contributed by atoms with Gasteiger partial charge in [0.05, 0.1) is 4.90 Å². The van der Waals surface area contributed by atoms with E-state index in [0.717, 1.165) is 19.2 Å². The zero-order valence-corrected chi connectivity index (χ0v) is 16.6. The number of rotatable bonds is 5. The summed E-state index contributed by atoms with van der Waals surface area (Å²) in [6, 6.07) is 9.90. The number of nitrogens with zero attached hydrogens (tertiary/aromatic N) is 2. The van der Waals surface area contributed by atoms with Crippen molar-refractivity contribution < 1.29 is 17.6 Å². The number of sulfonamides is 1. The summed E-state index contributed by atoms with van der Waals surface area (Å²) in [5.74, 6) is -0.907. The van der Waals surface area contributed by atoms with Crippen molar-refractivity contribution in [3.8, 4) is 0 Å². The van der Waals surface area contributed by atoms with Gasteiger partial charge in [0.15, 0.2) is 0 Å². The summed E-state index contributed by atoms with van der Waals surface area (Å²) in [6.07, 6.45) is 0. The molecule has 7 nitrogen and oxygen atoms in total. The Bertz CT molecular complexity index is 973. The van der Waals surface area contributed by atoms with Crippen LogP contribution in [0.25, 0.3) is 0 Å². The summed E-state index contributed by atoms with van der Waals surface area (Å²) < 4.78 is 41.1. The lowest BCUT2D eigenvalue weighted by Crippen LogP contribution is -2.52. The average Bonchev–Trinajstić information content (AvgIpc) is 2.65. The number of carbonyl (C=O) groups is 1. The van der Waals surface area contributed by atoms with E-state index in [1.807, 2.05) is 12.1 Å². The maximum absolute atomic E-state index is 13.7. The summed E-state index contributed by atoms with van der Waals surface area (Å²) >= 11 is 0. The van der Waals surface area contributed by atoms with Crippen molar-refractivity contribution >= 4 is 21.6 Å². The number of hydrogen-bond acceptors (Lipinski definition) is 5. The van der Waals surface area contributed by atoms with Gasteiger partial charge >= 0.3 is 0 Å². The molecule has 3 rings (SSSR count). The molecule has 1 saturated heterocycles. The van der Waals surface area contributed by atoms with Gasteiger partial charge in [-0.2, -0.15) is 0 Å². The molecular weight excluding hydrogens is 383 g/mol. The highest BCUT2D eigenvalue weighted by molar-refractivity contribution is 7.92. The minimum atomic E-state index is -3.97. The number of nitrogens with one attached hydrogen (secondary N) is 2. The van der Waals surface area contributed by atoms with Crippen molar-refractivity contribution in [3.05, 3.63) is 59.4 Å². The number of benzene rings is 2. The number of hydrogen-bond donors (Lipinski definition) is 2. The van der Waals surface area contributed by atoms with Crippen LogP contribution in [0.4, 0.5) is 10.1 Å². The number of piperazine rings is 1. The highest BCUT2D eigenvalue weighted by Gasteiger charge is 2.19. The molecule has 150 valence electrons. The molecule has 0 aromatic heterocycles. The van der Waals surface area contributed by atoms with E-state index in [4.69, 9.17) is 0 Å². The lowest BCUT2D eigenvalue weighted by Gasteiger charge is -2.32. The topological polar surface area (TPSA) is 81.7 Å². The van der Waals surface area contributed by atoms with Gasteiger partial charge < -0.3 is 4.90 Å². The molecule has 9 heteroatoms. The molecule has 0 atom stereocenters. The minimum absolute atomic E-state index is 0.178. The van der Waals surface area contributed by atoms with Gasteiger partial charge in [0.25, 0.3) is 15.9 Å². The first kappa shape index (κ1) is 20.2. The van der Waals surface area contributed by atoms with E-state index >= 15 is 0 Å². The molecule has 2 aromatic carbocycles. The Morgan fingerprint density at radius 3 is 2.46 bits per heavy atom. The van der Waals surface area contributed by atoms with Crippen LogP contribution >= 0.6 is 0 Å². The third-order valence-corrected chi connectivity index (χ3v) is 5.97. The van der Waals surface area contributed by atoms with Crippen LogP contribution in [-0.2, 0) is 10.0 Å². The van der Waals surface area contributed by atoms with Gasteiger partial charge in [-0.05, 0) is 49.9 Å². The van der Waals surface area contributed by atoms with Gasteiger partial charge in [-0.25, -0.2) is 17.8 Å². The second-order valence-electron chi connectivity index (χ2n) is 6.83. The smallest absolute Gasteiger partial charge is 0.265 e. The number of halogens is 1. The lowest BCUT2D eigenvalue weighted by molar-refractivity contribution is 0.0662. The molecule has 0 unspecified atom stereocenters. The largest absolute Gasteiger partial charge is 0.304 e. The summed E-state index contributed by atoms with van der Waals surface area (Å²) in [4.78, 5) is 14.5. The molecule has 1 amide bonds. The Morgan fingerprint density at radius 2 is 1.79 bits per heavy atom. The number of aryl methyl sites for hydroxylation is 1. The molecule has 1 aliphatic heterocycles. The van der Waals surface area contributed by atoms with Gasteiger partial charge in [0.2, 0.25) is 0 Å². The lowest BCUT2D eigenvalue weighted by atomic mass is 10.2. The highest BCUT2D eigenvalue weighted by Crippen LogP contribution is 2.19. The zero-order valence-electron chi connectivity index (χ0n) is 15.8. The second kappa shape index (κ2) is 8.26. The highest BCUT2D eigenvalue weighted by atomic mass is 32.2. The third-order valence-electron chi connectivity index (χ3n) is 4.59. The van der Waals surface area contributed by atoms with E-state index < -0.39 is 15.8 Å². The third kappa shape index (κ3) is 4.86. The molecule has 0 saturated carbocycles. The van der Waals surface area contributed by atoms with Crippen LogP contribution < -0.4 is 10.1 Å². The van der Waals surface area contributed by atoms with Gasteiger partial charge in [-0.15, -0.1) is 0 Å². The van der Waals surface area contributed by atoms with Crippen LogP contribution in [0.15, 0.2) is 47.4 Å². The van der Waals surface area contributed by atoms with Crippen molar-refractivity contribution in [2.24, 2.45) is 0 Å². The Balaban J connectivity index is 1.72. The van der Waals surface area contributed by atoms with Crippen LogP contribution in [-0.4, -0.2) is 57.5 Å². The fourth-order valence-corrected chi connectivity index (χ4v) is 3.87. The van der Waals surface area contributed by atoms with Crippen LogP contribution in [0.5, 0.6) is 0 Å². The first-order valence-electron chi connectivity index (χ1n) is 8.88. The van der Waals surface area contributed by atoms with E-state index in [1.54, 1.807) is 19.1 Å². The van der Waals surface area contributed by atoms with Crippen molar-refractivity contribution in [2.75, 3.05) is 37.9 Å². The number of likely N-dealkylation sites (N-methyl/N-ethyl adjacent to an activating group) is 1. The summed E-state index contributed by atoms with van der Waals surface area (Å²) in [7, 11) is -1.94. The maximum atomic E-state index is 13.7. The molecule has 0 aliphatic carbocycles. The van der Waals surface area contributed by atoms with E-state index in [-0.39, 0.29) is 16.5 Å². The SMILES string of the molecule is Cc1ccc(S(=O)(=O)Nc2cccc(C(=O)NN3CCN(C)CC3)c2)cc1F. The van der Waals surface area contributed by atoms with Crippen LogP contribution in [0, 0.1) is 12.7 Å². The number of anilines is 1. The maximum Gasteiger partial charge on any atom is 0.265 e. The van der Waals surface area contributed by atoms with E-state index in [9.17, 15) is 17.6 Å². The monoisotopic (exact) mass is 406 g/mol. The molecule has 0 radical (unpaired) electrons. The predicted octanol–water partition coefficient (Wildman–Crippen LogP) is 1.83. The molecule has 1 heterocycles. The van der Waals surface area contributed by atoms with E-state index in [2.05, 4.69) is 15.0 Å². The standard InChI is InChI=1S/C19H23FN4O3S/c1-14-6-7-17(13-18(14)20)28(26,27)22-16-5-3-4-15(12-16)19(25)21-24-10-8-23(2)9-11-24/h3-7,12-13,22H,8-11H2,1-2H3,(H,21,25). The zero-order chi connectivity index (χ0) is 20.3. The van der Waals surface area contributed by atoms with Crippen molar-refractivity contribution in [3.63, 3.8) is 0 Å². The van der Waals surface area contributed by atoms with Gasteiger partial charge in [0.1, 0.15) is 5.82 Å². The van der Waals surface area contributed by atoms with Crippen LogP contribution in [0.3, 0.4) is 0 Å². The number of amides is 1. The quantitative estimate of drug-likeness (QED) is 0.792. The van der Waals surface area contributed by atoms with Crippen molar-refractivity contribution in [1.82, 2.24) is 15.3 Å². The predicted molar refractivity (Wildman–Crippen MR) is 105 cm³/mol. The van der Waals surface area contributed by atoms with E-state index in [1.165, 1.54) is 24.3 Å². The molecule has 0 bridgehead atoms. The molecule has 2 N–H and O–H groups in total. The molecule has 1 aliphatic rings. The first-order chi connectivity index (χ1) is 13.2. The van der Waals surface area contributed by atoms with Crippen LogP contribution in [0.2, 0.25) is 0 Å². The average molecular weight is 406 g/mol. The number of carbonyl (C=O) groups excluding carboxylic acids is 1. The number of hydrazine groups is 1. The molecule has 1 fully saturated rings. The molecular formula is C19H23FN4O3S. The Morgan fingerprint density at radius 1 is 1.07 bits per heavy atom. The second-order valence-corrected chi connectivity index (χ2v) is 8.51. The van der Waals surface area contributed by atoms with Gasteiger partial charge in [-0.1, -0.05) is 12.1 Å². The molecule has 28 heavy (non-hydrogen) atoms. The fourth-order valence-electron chi connectivity index (χ4n) is 2.81. The van der Waals surface area contributed by atoms with Gasteiger partial charge in [0, 0.05) is 37.4 Å². The summed E-state index contributed by atoms with van der Waals surface area (Å²) in [5, 5.41) is 1.84. The van der Waals surface area contributed by atoms with Gasteiger partial charge in [-0.3, -0.25) is 14.9 Å². The normalized spacial score (nSPS) is 16.0. The molecule has 0 spiro atoms. The Hall–Kier alpha value is -2.49. The Kier molecular flexibility index (Phi) is 5.97. The first-order valence-corrected chi connectivity index (χ1v) is 10.4.